The third-order valence-corrected chi connectivity index (χ3v) is 7.10. The average Bonchev–Trinajstić information content (AvgIpc) is 3.27. The summed E-state index contributed by atoms with van der Waals surface area (Å²) in [7, 11) is -3.74. The molecule has 5 nitrogen and oxygen atoms in total. The zero-order valence-corrected chi connectivity index (χ0v) is 19.6. The van der Waals surface area contributed by atoms with E-state index in [-0.39, 0.29) is 18.0 Å². The zero-order valence-electron chi connectivity index (χ0n) is 18.1. The van der Waals surface area contributed by atoms with Crippen molar-refractivity contribution in [1.29, 1.82) is 0 Å². The molecule has 0 N–H and O–H groups in total. The molecular formula is C26H23ClN2O3S. The number of rotatable bonds is 8. The summed E-state index contributed by atoms with van der Waals surface area (Å²) >= 11 is 5.90. The van der Waals surface area contributed by atoms with E-state index in [4.69, 9.17) is 16.0 Å². The van der Waals surface area contributed by atoms with Crippen molar-refractivity contribution < 1.29 is 12.8 Å². The summed E-state index contributed by atoms with van der Waals surface area (Å²) in [6.07, 6.45) is 1.60. The highest BCUT2D eigenvalue weighted by Crippen LogP contribution is 2.23. The molecule has 7 heteroatoms. The lowest BCUT2D eigenvalue weighted by molar-refractivity contribution is 0.357. The van der Waals surface area contributed by atoms with E-state index in [9.17, 15) is 8.42 Å². The standard InChI is InChI=1S/C26H23ClN2O3S/c1-20-7-15-26(16-8-20)33(30,31)29(18-21-5-3-2-4-6-21)19-25-14-13-24(32-25)17-28-23-11-9-22(27)10-12-23/h2-17H,18-19H2,1H3. The smallest absolute Gasteiger partial charge is 0.243 e. The van der Waals surface area contributed by atoms with Gasteiger partial charge in [0.15, 0.2) is 0 Å². The lowest BCUT2D eigenvalue weighted by Gasteiger charge is -2.21. The Bertz CT molecular complexity index is 1330. The SMILES string of the molecule is Cc1ccc(S(=O)(=O)N(Cc2ccccc2)Cc2ccc(C=Nc3ccc(Cl)cc3)o2)cc1. The Kier molecular flexibility index (Phi) is 7.08. The lowest BCUT2D eigenvalue weighted by Crippen LogP contribution is -2.30. The minimum absolute atomic E-state index is 0.0971. The van der Waals surface area contributed by atoms with E-state index < -0.39 is 10.0 Å². The molecule has 1 heterocycles. The van der Waals surface area contributed by atoms with Gasteiger partial charge in [0.2, 0.25) is 10.0 Å². The molecule has 33 heavy (non-hydrogen) atoms. The number of aryl methyl sites for hydroxylation is 1. The number of aliphatic imine (C=N–C) groups is 1. The quantitative estimate of drug-likeness (QED) is 0.276. The molecule has 0 fully saturated rings. The predicted molar refractivity (Wildman–Crippen MR) is 131 cm³/mol. The second-order valence-corrected chi connectivity index (χ2v) is 9.98. The lowest BCUT2D eigenvalue weighted by atomic mass is 10.2. The Morgan fingerprint density at radius 3 is 2.27 bits per heavy atom. The van der Waals surface area contributed by atoms with Gasteiger partial charge in [-0.1, -0.05) is 59.6 Å². The Balaban J connectivity index is 1.57. The molecule has 0 aliphatic rings. The Hall–Kier alpha value is -3.19. The first kappa shape index (κ1) is 23.0. The molecule has 0 bridgehead atoms. The molecule has 4 aromatic rings. The number of hydrogen-bond acceptors (Lipinski definition) is 4. The zero-order chi connectivity index (χ0) is 23.3. The van der Waals surface area contributed by atoms with Gasteiger partial charge in [-0.15, -0.1) is 0 Å². The molecule has 0 spiro atoms. The molecule has 0 atom stereocenters. The molecule has 4 rings (SSSR count). The highest BCUT2D eigenvalue weighted by atomic mass is 35.5. The van der Waals surface area contributed by atoms with Crippen molar-refractivity contribution in [2.45, 2.75) is 24.9 Å². The highest BCUT2D eigenvalue weighted by Gasteiger charge is 2.26. The van der Waals surface area contributed by atoms with Crippen LogP contribution in [0.4, 0.5) is 5.69 Å². The maximum Gasteiger partial charge on any atom is 0.243 e. The van der Waals surface area contributed by atoms with Crippen molar-refractivity contribution in [2.75, 3.05) is 0 Å². The molecule has 3 aromatic carbocycles. The number of benzene rings is 3. The van der Waals surface area contributed by atoms with Gasteiger partial charge in [-0.05, 0) is 61.0 Å². The van der Waals surface area contributed by atoms with Gasteiger partial charge in [0.25, 0.3) is 0 Å². The summed E-state index contributed by atoms with van der Waals surface area (Å²) in [6.45, 7) is 2.25. The molecule has 0 saturated heterocycles. The van der Waals surface area contributed by atoms with Crippen LogP contribution in [-0.4, -0.2) is 18.9 Å². The minimum atomic E-state index is -3.74. The fraction of sp³-hybridized carbons (Fsp3) is 0.115. The van der Waals surface area contributed by atoms with E-state index in [1.807, 2.05) is 37.3 Å². The van der Waals surface area contributed by atoms with Crippen LogP contribution in [0, 0.1) is 6.92 Å². The molecule has 0 radical (unpaired) electrons. The molecule has 0 saturated carbocycles. The summed E-state index contributed by atoms with van der Waals surface area (Å²) < 4.78 is 34.2. The summed E-state index contributed by atoms with van der Waals surface area (Å²) in [4.78, 5) is 4.62. The topological polar surface area (TPSA) is 62.9 Å². The number of sulfonamides is 1. The maximum absolute atomic E-state index is 13.4. The van der Waals surface area contributed by atoms with E-state index >= 15 is 0 Å². The van der Waals surface area contributed by atoms with Gasteiger partial charge in [0.1, 0.15) is 11.5 Å². The Morgan fingerprint density at radius 2 is 1.58 bits per heavy atom. The van der Waals surface area contributed by atoms with Crippen LogP contribution in [0.1, 0.15) is 22.6 Å². The van der Waals surface area contributed by atoms with E-state index in [1.54, 1.807) is 66.9 Å². The van der Waals surface area contributed by atoms with Crippen molar-refractivity contribution in [3.05, 3.63) is 119 Å². The van der Waals surface area contributed by atoms with Gasteiger partial charge < -0.3 is 4.42 Å². The first-order chi connectivity index (χ1) is 15.9. The Morgan fingerprint density at radius 1 is 0.879 bits per heavy atom. The van der Waals surface area contributed by atoms with Crippen molar-refractivity contribution in [3.63, 3.8) is 0 Å². The van der Waals surface area contributed by atoms with Crippen LogP contribution < -0.4 is 0 Å². The molecule has 0 aliphatic heterocycles. The van der Waals surface area contributed by atoms with Crippen molar-refractivity contribution in [1.82, 2.24) is 4.31 Å². The molecular weight excluding hydrogens is 456 g/mol. The first-order valence-corrected chi connectivity index (χ1v) is 12.2. The highest BCUT2D eigenvalue weighted by molar-refractivity contribution is 7.89. The number of hydrogen-bond donors (Lipinski definition) is 0. The third-order valence-electron chi connectivity index (χ3n) is 5.04. The fourth-order valence-electron chi connectivity index (χ4n) is 3.26. The van der Waals surface area contributed by atoms with Crippen LogP contribution in [0.2, 0.25) is 5.02 Å². The van der Waals surface area contributed by atoms with Crippen LogP contribution in [-0.2, 0) is 23.1 Å². The molecule has 0 aliphatic carbocycles. The number of halogens is 1. The summed E-state index contributed by atoms with van der Waals surface area (Å²) in [6, 6.07) is 27.0. The molecule has 0 unspecified atom stereocenters. The van der Waals surface area contributed by atoms with E-state index in [0.29, 0.717) is 16.5 Å². The Labute approximate surface area is 199 Å². The van der Waals surface area contributed by atoms with E-state index in [0.717, 1.165) is 16.8 Å². The summed E-state index contributed by atoms with van der Waals surface area (Å²) in [5, 5.41) is 0.641. The second kappa shape index (κ2) is 10.2. The second-order valence-electron chi connectivity index (χ2n) is 7.61. The van der Waals surface area contributed by atoms with E-state index in [2.05, 4.69) is 4.99 Å². The number of nitrogens with zero attached hydrogens (tertiary/aromatic N) is 2. The monoisotopic (exact) mass is 478 g/mol. The first-order valence-electron chi connectivity index (χ1n) is 10.4. The fourth-order valence-corrected chi connectivity index (χ4v) is 4.78. The summed E-state index contributed by atoms with van der Waals surface area (Å²) in [5.41, 5.74) is 2.63. The van der Waals surface area contributed by atoms with Crippen LogP contribution in [0.5, 0.6) is 0 Å². The van der Waals surface area contributed by atoms with E-state index in [1.165, 1.54) is 4.31 Å². The van der Waals surface area contributed by atoms with Gasteiger partial charge in [0, 0.05) is 11.6 Å². The normalized spacial score (nSPS) is 12.0. The molecule has 0 amide bonds. The van der Waals surface area contributed by atoms with Gasteiger partial charge in [-0.25, -0.2) is 8.42 Å². The van der Waals surface area contributed by atoms with Crippen LogP contribution >= 0.6 is 11.6 Å². The van der Waals surface area contributed by atoms with Gasteiger partial charge in [-0.3, -0.25) is 4.99 Å². The van der Waals surface area contributed by atoms with Crippen molar-refractivity contribution in [3.8, 4) is 0 Å². The van der Waals surface area contributed by atoms with Crippen LogP contribution in [0.15, 0.2) is 105 Å². The largest absolute Gasteiger partial charge is 0.459 e. The third kappa shape index (κ3) is 5.99. The van der Waals surface area contributed by atoms with Crippen LogP contribution in [0.25, 0.3) is 0 Å². The summed E-state index contributed by atoms with van der Waals surface area (Å²) in [5.74, 6) is 1.06. The maximum atomic E-state index is 13.4. The number of furan rings is 1. The average molecular weight is 479 g/mol. The van der Waals surface area contributed by atoms with Gasteiger partial charge in [-0.2, -0.15) is 4.31 Å². The van der Waals surface area contributed by atoms with Gasteiger partial charge >= 0.3 is 0 Å². The predicted octanol–water partition coefficient (Wildman–Crippen LogP) is 6.38. The van der Waals surface area contributed by atoms with Crippen molar-refractivity contribution in [2.24, 2.45) is 4.99 Å². The molecule has 1 aromatic heterocycles. The minimum Gasteiger partial charge on any atom is -0.459 e. The van der Waals surface area contributed by atoms with Crippen molar-refractivity contribution >= 4 is 33.5 Å². The molecule has 168 valence electrons. The van der Waals surface area contributed by atoms with Crippen LogP contribution in [0.3, 0.4) is 0 Å². The van der Waals surface area contributed by atoms with Gasteiger partial charge in [0.05, 0.1) is 23.3 Å².